The molecule has 0 aromatic heterocycles. The average Bonchev–Trinajstić information content (AvgIpc) is 2.33. The summed E-state index contributed by atoms with van der Waals surface area (Å²) in [5.41, 5.74) is -0.170. The summed E-state index contributed by atoms with van der Waals surface area (Å²) < 4.78 is 5.47. The standard InChI is InChI=1S/C14H24ClNO2/c1-18-14(7-4-8-14)9-13(17)16-10-11-5-2-3-6-12(11)15/h11-12H,2-10H2,1H3,(H,16,17). The third-order valence-electron chi connectivity index (χ3n) is 4.56. The molecule has 2 rings (SSSR count). The molecular formula is C14H24ClNO2. The molecule has 2 fully saturated rings. The number of alkyl halides is 1. The largest absolute Gasteiger partial charge is 0.378 e. The molecule has 0 bridgehead atoms. The van der Waals surface area contributed by atoms with Crippen LogP contribution in [0, 0.1) is 5.92 Å². The highest BCUT2D eigenvalue weighted by molar-refractivity contribution is 6.20. The molecule has 2 saturated carbocycles. The van der Waals surface area contributed by atoms with Gasteiger partial charge < -0.3 is 10.1 Å². The van der Waals surface area contributed by atoms with E-state index in [2.05, 4.69) is 5.32 Å². The molecule has 2 aliphatic rings. The zero-order valence-electron chi connectivity index (χ0n) is 11.2. The van der Waals surface area contributed by atoms with E-state index in [1.54, 1.807) is 7.11 Å². The normalized spacial score (nSPS) is 30.6. The fraction of sp³-hybridized carbons (Fsp3) is 0.929. The smallest absolute Gasteiger partial charge is 0.222 e. The first-order valence-corrected chi connectivity index (χ1v) is 7.55. The number of hydrogen-bond acceptors (Lipinski definition) is 2. The lowest BCUT2D eigenvalue weighted by Gasteiger charge is -2.40. The first-order chi connectivity index (χ1) is 8.65. The molecule has 0 saturated heterocycles. The van der Waals surface area contributed by atoms with Crippen molar-refractivity contribution in [3.8, 4) is 0 Å². The molecule has 18 heavy (non-hydrogen) atoms. The Balaban J connectivity index is 1.71. The van der Waals surface area contributed by atoms with E-state index in [1.807, 2.05) is 0 Å². The summed E-state index contributed by atoms with van der Waals surface area (Å²) in [4.78, 5) is 11.9. The summed E-state index contributed by atoms with van der Waals surface area (Å²) in [5, 5.41) is 3.27. The molecule has 0 aliphatic heterocycles. The van der Waals surface area contributed by atoms with Gasteiger partial charge in [0, 0.05) is 19.0 Å². The first kappa shape index (κ1) is 14.1. The van der Waals surface area contributed by atoms with Crippen molar-refractivity contribution in [2.75, 3.05) is 13.7 Å². The van der Waals surface area contributed by atoms with Crippen molar-refractivity contribution in [3.05, 3.63) is 0 Å². The molecule has 4 heteroatoms. The monoisotopic (exact) mass is 273 g/mol. The van der Waals surface area contributed by atoms with E-state index in [4.69, 9.17) is 16.3 Å². The Morgan fingerprint density at radius 3 is 2.61 bits per heavy atom. The Morgan fingerprint density at radius 1 is 1.33 bits per heavy atom. The van der Waals surface area contributed by atoms with E-state index in [0.717, 1.165) is 32.2 Å². The zero-order valence-corrected chi connectivity index (χ0v) is 12.0. The summed E-state index contributed by atoms with van der Waals surface area (Å²) in [7, 11) is 1.71. The van der Waals surface area contributed by atoms with E-state index in [0.29, 0.717) is 12.3 Å². The molecule has 3 nitrogen and oxygen atoms in total. The zero-order chi connectivity index (χ0) is 13.0. The maximum atomic E-state index is 11.9. The van der Waals surface area contributed by atoms with Crippen LogP contribution >= 0.6 is 11.6 Å². The van der Waals surface area contributed by atoms with Crippen molar-refractivity contribution < 1.29 is 9.53 Å². The summed E-state index contributed by atoms with van der Waals surface area (Å²) in [5.74, 6) is 0.565. The Hall–Kier alpha value is -0.280. The Kier molecular flexibility index (Phi) is 4.91. The van der Waals surface area contributed by atoms with E-state index in [1.165, 1.54) is 19.3 Å². The molecule has 0 heterocycles. The predicted molar refractivity (Wildman–Crippen MR) is 72.8 cm³/mol. The van der Waals surface area contributed by atoms with E-state index in [-0.39, 0.29) is 16.9 Å². The maximum Gasteiger partial charge on any atom is 0.222 e. The van der Waals surface area contributed by atoms with Crippen molar-refractivity contribution in [3.63, 3.8) is 0 Å². The number of carbonyl (C=O) groups excluding carboxylic acids is 1. The van der Waals surface area contributed by atoms with Crippen molar-refractivity contribution in [1.29, 1.82) is 0 Å². The fourth-order valence-electron chi connectivity index (χ4n) is 3.02. The fourth-order valence-corrected chi connectivity index (χ4v) is 3.39. The third kappa shape index (κ3) is 3.39. The number of methoxy groups -OCH3 is 1. The van der Waals surface area contributed by atoms with Crippen molar-refractivity contribution in [2.24, 2.45) is 5.92 Å². The Bertz CT molecular complexity index is 286. The number of amides is 1. The minimum absolute atomic E-state index is 0.117. The minimum atomic E-state index is -0.170. The van der Waals surface area contributed by atoms with Crippen LogP contribution in [0.5, 0.6) is 0 Å². The highest BCUT2D eigenvalue weighted by atomic mass is 35.5. The van der Waals surface area contributed by atoms with Gasteiger partial charge in [-0.15, -0.1) is 11.6 Å². The van der Waals surface area contributed by atoms with Crippen LogP contribution in [0.15, 0.2) is 0 Å². The second kappa shape index (κ2) is 6.25. The van der Waals surface area contributed by atoms with Gasteiger partial charge >= 0.3 is 0 Å². The van der Waals surface area contributed by atoms with Crippen LogP contribution in [-0.4, -0.2) is 30.5 Å². The van der Waals surface area contributed by atoms with Crippen LogP contribution in [0.3, 0.4) is 0 Å². The molecule has 2 atom stereocenters. The molecule has 2 aliphatic carbocycles. The van der Waals surface area contributed by atoms with Crippen LogP contribution in [0.2, 0.25) is 0 Å². The van der Waals surface area contributed by atoms with Crippen LogP contribution < -0.4 is 5.32 Å². The van der Waals surface area contributed by atoms with E-state index in [9.17, 15) is 4.79 Å². The van der Waals surface area contributed by atoms with Crippen molar-refractivity contribution >= 4 is 17.5 Å². The Labute approximate surface area is 115 Å². The number of halogens is 1. The highest BCUT2D eigenvalue weighted by Crippen LogP contribution is 2.38. The molecule has 104 valence electrons. The van der Waals surface area contributed by atoms with Gasteiger partial charge in [-0.2, -0.15) is 0 Å². The van der Waals surface area contributed by atoms with Gasteiger partial charge in [-0.3, -0.25) is 4.79 Å². The SMILES string of the molecule is COC1(CC(=O)NCC2CCCCC2Cl)CCC1. The third-order valence-corrected chi connectivity index (χ3v) is 5.13. The average molecular weight is 274 g/mol. The second-order valence-corrected chi connectivity index (χ2v) is 6.34. The molecule has 0 aromatic rings. The molecule has 0 aromatic carbocycles. The lowest BCUT2D eigenvalue weighted by molar-refractivity contribution is -0.134. The van der Waals surface area contributed by atoms with Gasteiger partial charge in [-0.25, -0.2) is 0 Å². The number of carbonyl (C=O) groups is 1. The summed E-state index contributed by atoms with van der Waals surface area (Å²) in [6.45, 7) is 0.729. The lowest BCUT2D eigenvalue weighted by Crippen LogP contribution is -2.45. The molecule has 1 N–H and O–H groups in total. The van der Waals surface area contributed by atoms with Gasteiger partial charge in [0.2, 0.25) is 5.91 Å². The van der Waals surface area contributed by atoms with Crippen LogP contribution in [0.25, 0.3) is 0 Å². The topological polar surface area (TPSA) is 38.3 Å². The van der Waals surface area contributed by atoms with Gasteiger partial charge in [-0.05, 0) is 38.0 Å². The molecular weight excluding hydrogens is 250 g/mol. The number of nitrogens with one attached hydrogen (secondary N) is 1. The van der Waals surface area contributed by atoms with Gasteiger partial charge in [-0.1, -0.05) is 12.8 Å². The first-order valence-electron chi connectivity index (χ1n) is 7.11. The van der Waals surface area contributed by atoms with Crippen LogP contribution in [-0.2, 0) is 9.53 Å². The van der Waals surface area contributed by atoms with Crippen LogP contribution in [0.1, 0.15) is 51.4 Å². The molecule has 1 amide bonds. The molecule has 0 spiro atoms. The summed E-state index contributed by atoms with van der Waals surface area (Å²) >= 11 is 6.29. The second-order valence-electron chi connectivity index (χ2n) is 5.78. The van der Waals surface area contributed by atoms with Crippen LogP contribution in [0.4, 0.5) is 0 Å². The van der Waals surface area contributed by atoms with E-state index >= 15 is 0 Å². The number of hydrogen-bond donors (Lipinski definition) is 1. The maximum absolute atomic E-state index is 11.9. The Morgan fingerprint density at radius 2 is 2.06 bits per heavy atom. The van der Waals surface area contributed by atoms with Crippen molar-refractivity contribution in [2.45, 2.75) is 62.3 Å². The van der Waals surface area contributed by atoms with Gasteiger partial charge in [0.05, 0.1) is 12.0 Å². The summed E-state index contributed by atoms with van der Waals surface area (Å²) in [6.07, 6.45) is 8.40. The lowest BCUT2D eigenvalue weighted by atomic mass is 9.77. The van der Waals surface area contributed by atoms with Crippen molar-refractivity contribution in [1.82, 2.24) is 5.32 Å². The number of rotatable bonds is 5. The minimum Gasteiger partial charge on any atom is -0.378 e. The predicted octanol–water partition coefficient (Wildman–Crippen LogP) is 2.86. The molecule has 0 radical (unpaired) electrons. The molecule has 2 unspecified atom stereocenters. The van der Waals surface area contributed by atoms with E-state index < -0.39 is 0 Å². The van der Waals surface area contributed by atoms with Gasteiger partial charge in [0.1, 0.15) is 0 Å². The summed E-state index contributed by atoms with van der Waals surface area (Å²) in [6, 6.07) is 0. The van der Waals surface area contributed by atoms with Gasteiger partial charge in [0.25, 0.3) is 0 Å². The number of ether oxygens (including phenoxy) is 1. The quantitative estimate of drug-likeness (QED) is 0.783. The highest BCUT2D eigenvalue weighted by Gasteiger charge is 2.39. The van der Waals surface area contributed by atoms with Gasteiger partial charge in [0.15, 0.2) is 0 Å².